The van der Waals surface area contributed by atoms with Gasteiger partial charge in [-0.2, -0.15) is 0 Å². The van der Waals surface area contributed by atoms with Crippen LogP contribution in [-0.2, 0) is 0 Å². The number of hydrogen-bond donors (Lipinski definition) is 0. The van der Waals surface area contributed by atoms with Crippen molar-refractivity contribution in [2.75, 3.05) is 79.5 Å². The van der Waals surface area contributed by atoms with Gasteiger partial charge in [-0.1, -0.05) is 0 Å². The van der Waals surface area contributed by atoms with Crippen molar-refractivity contribution in [3.8, 4) is 0 Å². The molecule has 28 heavy (non-hydrogen) atoms. The minimum atomic E-state index is 0.861. The molecule has 4 nitrogen and oxygen atoms in total. The summed E-state index contributed by atoms with van der Waals surface area (Å²) in [5, 5.41) is 0. The van der Waals surface area contributed by atoms with Crippen molar-refractivity contribution < 1.29 is 8.97 Å². The second-order valence-electron chi connectivity index (χ2n) is 10.8. The lowest BCUT2D eigenvalue weighted by molar-refractivity contribution is -0.905. The molecule has 0 aromatic rings. The third-order valence-electron chi connectivity index (χ3n) is 9.54. The second kappa shape index (κ2) is 9.32. The van der Waals surface area contributed by atoms with Gasteiger partial charge in [-0.25, -0.2) is 0 Å². The Morgan fingerprint density at radius 3 is 1.29 bits per heavy atom. The molecule has 0 spiro atoms. The number of rotatable bonds is 10. The molecular formula is C24H50N4+2. The molecule has 0 radical (unpaired) electrons. The van der Waals surface area contributed by atoms with Crippen LogP contribution in [-0.4, -0.2) is 110 Å². The van der Waals surface area contributed by atoms with Crippen LogP contribution in [0.3, 0.4) is 0 Å². The highest BCUT2D eigenvalue weighted by Crippen LogP contribution is 2.41. The fraction of sp³-hybridized carbons (Fsp3) is 1.00. The molecule has 6 rings (SSSR count). The lowest BCUT2D eigenvalue weighted by atomic mass is 9.71. The summed E-state index contributed by atoms with van der Waals surface area (Å²) < 4.78 is 2.47. The van der Waals surface area contributed by atoms with E-state index < -0.39 is 0 Å². The maximum Gasteiger partial charge on any atom is 0.0913 e. The van der Waals surface area contributed by atoms with Gasteiger partial charge in [0, 0.05) is 38.3 Å². The summed E-state index contributed by atoms with van der Waals surface area (Å²) in [7, 11) is 4.90. The third kappa shape index (κ3) is 4.77. The first-order chi connectivity index (χ1) is 13.4. The highest BCUT2D eigenvalue weighted by Gasteiger charge is 2.46. The summed E-state index contributed by atoms with van der Waals surface area (Å²) in [6, 6.07) is 1.72. The standard InChI is InChI=1S/C24H50N4/c1-7-27(5,8-2)17-15-25-19-21-11-13-23(25)22-12-14-24(21)26(20-22)16-18-28(6,9-3)10-4/h21-24H,7-20H2,1-6H3/q+2/t21-,22-,23-,24+/m1/s1. The van der Waals surface area contributed by atoms with Gasteiger partial charge in [0.25, 0.3) is 0 Å². The summed E-state index contributed by atoms with van der Waals surface area (Å²) in [4.78, 5) is 5.89. The van der Waals surface area contributed by atoms with Gasteiger partial charge >= 0.3 is 0 Å². The van der Waals surface area contributed by atoms with E-state index in [1.165, 1.54) is 100 Å². The van der Waals surface area contributed by atoms with Gasteiger partial charge in [0.1, 0.15) is 0 Å². The first-order valence-corrected chi connectivity index (χ1v) is 12.5. The molecule has 4 atom stereocenters. The molecule has 0 unspecified atom stereocenters. The largest absolute Gasteiger partial charge is 0.325 e. The number of likely N-dealkylation sites (N-methyl/N-ethyl adjacent to an activating group) is 2. The van der Waals surface area contributed by atoms with E-state index in [1.807, 2.05) is 0 Å². The molecule has 1 aliphatic carbocycles. The van der Waals surface area contributed by atoms with Gasteiger partial charge in [-0.05, 0) is 65.2 Å². The minimum Gasteiger partial charge on any atom is -0.325 e. The number of quaternary nitrogens is 2. The lowest BCUT2D eigenvalue weighted by Gasteiger charge is -2.56. The quantitative estimate of drug-likeness (QED) is 0.525. The van der Waals surface area contributed by atoms with Crippen molar-refractivity contribution in [2.45, 2.75) is 65.5 Å². The lowest BCUT2D eigenvalue weighted by Crippen LogP contribution is -2.64. The van der Waals surface area contributed by atoms with Gasteiger partial charge < -0.3 is 8.97 Å². The molecule has 0 amide bonds. The fourth-order valence-corrected chi connectivity index (χ4v) is 6.22. The van der Waals surface area contributed by atoms with Crippen LogP contribution in [0.15, 0.2) is 0 Å². The zero-order chi connectivity index (χ0) is 20.4. The third-order valence-corrected chi connectivity index (χ3v) is 9.54. The maximum absolute atomic E-state index is 2.95. The monoisotopic (exact) mass is 394 g/mol. The first kappa shape index (κ1) is 22.5. The fourth-order valence-electron chi connectivity index (χ4n) is 6.22. The smallest absolute Gasteiger partial charge is 0.0913 e. The van der Waals surface area contributed by atoms with E-state index in [1.54, 1.807) is 0 Å². The summed E-state index contributed by atoms with van der Waals surface area (Å²) in [6.07, 6.45) is 5.92. The normalized spacial score (nSPS) is 31.9. The van der Waals surface area contributed by atoms with Gasteiger partial charge in [0.05, 0.1) is 53.4 Å². The Morgan fingerprint density at radius 1 is 0.607 bits per heavy atom. The van der Waals surface area contributed by atoms with Crippen molar-refractivity contribution in [1.29, 1.82) is 0 Å². The Labute approximate surface area is 176 Å². The van der Waals surface area contributed by atoms with Crippen LogP contribution in [0.2, 0.25) is 0 Å². The van der Waals surface area contributed by atoms with Crippen LogP contribution < -0.4 is 0 Å². The van der Waals surface area contributed by atoms with E-state index in [-0.39, 0.29) is 0 Å². The van der Waals surface area contributed by atoms with E-state index in [4.69, 9.17) is 0 Å². The van der Waals surface area contributed by atoms with E-state index in [9.17, 15) is 0 Å². The summed E-state index contributed by atoms with van der Waals surface area (Å²) in [5.41, 5.74) is 0. The average Bonchev–Trinajstić information content (AvgIpc) is 2.73. The molecule has 1 saturated carbocycles. The van der Waals surface area contributed by atoms with E-state index in [0.29, 0.717) is 0 Å². The second-order valence-corrected chi connectivity index (χ2v) is 10.8. The SMILES string of the molecule is CC[N+](C)(CC)CCN1C[C@H]2CC[C@@H]1[C@@H]1CC[C@@H]2N(CC[N+](C)(CC)CC)C1. The van der Waals surface area contributed by atoms with Crippen LogP contribution in [0.1, 0.15) is 53.4 Å². The average molecular weight is 395 g/mol. The molecule has 5 saturated heterocycles. The molecular weight excluding hydrogens is 344 g/mol. The molecule has 164 valence electrons. The topological polar surface area (TPSA) is 6.48 Å². The van der Waals surface area contributed by atoms with Gasteiger partial charge in [-0.3, -0.25) is 9.80 Å². The zero-order valence-electron chi connectivity index (χ0n) is 20.0. The van der Waals surface area contributed by atoms with Crippen LogP contribution in [0, 0.1) is 11.8 Å². The predicted molar refractivity (Wildman–Crippen MR) is 120 cm³/mol. The van der Waals surface area contributed by atoms with E-state index in [0.717, 1.165) is 23.9 Å². The van der Waals surface area contributed by atoms with Crippen LogP contribution in [0.25, 0.3) is 0 Å². The van der Waals surface area contributed by atoms with E-state index >= 15 is 0 Å². The summed E-state index contributed by atoms with van der Waals surface area (Å²) in [5.74, 6) is 1.84. The van der Waals surface area contributed by atoms with Crippen molar-refractivity contribution in [3.05, 3.63) is 0 Å². The van der Waals surface area contributed by atoms with Crippen molar-refractivity contribution in [1.82, 2.24) is 9.80 Å². The van der Waals surface area contributed by atoms with Crippen molar-refractivity contribution in [2.24, 2.45) is 11.8 Å². The van der Waals surface area contributed by atoms with Crippen molar-refractivity contribution >= 4 is 0 Å². The molecule has 0 aromatic carbocycles. The van der Waals surface area contributed by atoms with E-state index in [2.05, 4.69) is 51.6 Å². The number of piperidine rings is 2. The molecule has 0 aromatic heterocycles. The Hall–Kier alpha value is -0.160. The Balaban J connectivity index is 1.64. The summed E-state index contributed by atoms with van der Waals surface area (Å²) >= 11 is 0. The minimum absolute atomic E-state index is 0.861. The molecule has 4 bridgehead atoms. The first-order valence-electron chi connectivity index (χ1n) is 12.5. The predicted octanol–water partition coefficient (Wildman–Crippen LogP) is 3.13. The Bertz CT molecular complexity index is 441. The molecule has 0 N–H and O–H groups in total. The number of nitrogens with zero attached hydrogens (tertiary/aromatic N) is 4. The molecule has 6 aliphatic rings. The van der Waals surface area contributed by atoms with Gasteiger partial charge in [0.2, 0.25) is 0 Å². The highest BCUT2D eigenvalue weighted by molar-refractivity contribution is 5.00. The Morgan fingerprint density at radius 2 is 0.964 bits per heavy atom. The zero-order valence-corrected chi connectivity index (χ0v) is 20.0. The highest BCUT2D eigenvalue weighted by atomic mass is 15.4. The van der Waals surface area contributed by atoms with Crippen LogP contribution in [0.4, 0.5) is 0 Å². The summed E-state index contributed by atoms with van der Waals surface area (Å²) in [6.45, 7) is 22.6. The maximum atomic E-state index is 2.95. The number of hydrogen-bond acceptors (Lipinski definition) is 2. The Kier molecular flexibility index (Phi) is 7.50. The molecule has 5 heterocycles. The molecule has 6 fully saturated rings. The van der Waals surface area contributed by atoms with Crippen molar-refractivity contribution in [3.63, 3.8) is 0 Å². The molecule has 5 aliphatic heterocycles. The van der Waals surface area contributed by atoms with Crippen LogP contribution >= 0.6 is 0 Å². The van der Waals surface area contributed by atoms with Gasteiger partial charge in [0.15, 0.2) is 0 Å². The van der Waals surface area contributed by atoms with Gasteiger partial charge in [-0.15, -0.1) is 0 Å². The molecule has 4 heteroatoms. The van der Waals surface area contributed by atoms with Crippen LogP contribution in [0.5, 0.6) is 0 Å².